The normalized spacial score (nSPS) is 30.7. The molecule has 6 heteroatoms. The van der Waals surface area contributed by atoms with Crippen LogP contribution in [0.3, 0.4) is 0 Å². The summed E-state index contributed by atoms with van der Waals surface area (Å²) in [6, 6.07) is 0. The average molecular weight is 469 g/mol. The van der Waals surface area contributed by atoms with Crippen molar-refractivity contribution < 1.29 is 8.85 Å². The van der Waals surface area contributed by atoms with Gasteiger partial charge in [0.25, 0.3) is 0 Å². The first kappa shape index (κ1) is 22.2. The highest BCUT2D eigenvalue weighted by atomic mass is 35.5. The minimum absolute atomic E-state index is 0.455. The molecule has 29 heavy (non-hydrogen) atoms. The van der Waals surface area contributed by atoms with Crippen LogP contribution >= 0.6 is 19.5 Å². The molecule has 0 radical (unpaired) electrons. The van der Waals surface area contributed by atoms with E-state index >= 15 is 0 Å². The second kappa shape index (κ2) is 8.15. The molecule has 2 saturated carbocycles. The van der Waals surface area contributed by atoms with Crippen molar-refractivity contribution in [1.29, 1.82) is 0 Å². The Morgan fingerprint density at radius 2 is 1.45 bits per heavy atom. The van der Waals surface area contributed by atoms with E-state index in [4.69, 9.17) is 20.5 Å². The van der Waals surface area contributed by atoms with Crippen LogP contribution in [0.4, 0.5) is 0 Å². The summed E-state index contributed by atoms with van der Waals surface area (Å²) in [4.78, 5) is 0. The van der Waals surface area contributed by atoms with Crippen molar-refractivity contribution in [3.05, 3.63) is 33.0 Å². The summed E-state index contributed by atoms with van der Waals surface area (Å²) in [6.07, 6.45) is 11.0. The number of fused-ring (bicyclic) bond motifs is 4. The Kier molecular flexibility index (Phi) is 6.23. The van der Waals surface area contributed by atoms with Crippen LogP contribution in [0.25, 0.3) is 0 Å². The fourth-order valence-corrected chi connectivity index (χ4v) is 11.3. The fraction of sp³-hybridized carbons (Fsp3) is 0.739. The number of hydrogen-bond donors (Lipinski definition) is 0. The van der Waals surface area contributed by atoms with Gasteiger partial charge in [-0.2, -0.15) is 0 Å². The fourth-order valence-electron chi connectivity index (χ4n) is 5.50. The quantitative estimate of drug-likeness (QED) is 0.305. The zero-order valence-electron chi connectivity index (χ0n) is 19.2. The zero-order chi connectivity index (χ0) is 21.0. The lowest BCUT2D eigenvalue weighted by Crippen LogP contribution is -2.40. The van der Waals surface area contributed by atoms with Gasteiger partial charge in [0.2, 0.25) is 16.6 Å². The molecule has 2 heterocycles. The summed E-state index contributed by atoms with van der Waals surface area (Å²) in [7, 11) is -3.77. The van der Waals surface area contributed by atoms with Gasteiger partial charge < -0.3 is 8.85 Å². The number of hydrogen-bond acceptors (Lipinski definition) is 2. The van der Waals surface area contributed by atoms with Crippen LogP contribution in [0, 0.1) is 5.92 Å². The molecule has 0 aromatic heterocycles. The molecule has 2 aliphatic carbocycles. The maximum atomic E-state index is 7.23. The molecular formula is C23H38ClO2PSi2. The highest BCUT2D eigenvalue weighted by Gasteiger charge is 2.49. The summed E-state index contributed by atoms with van der Waals surface area (Å²) in [6.45, 7) is 14.0. The smallest absolute Gasteiger partial charge is 0.241 e. The summed E-state index contributed by atoms with van der Waals surface area (Å²) >= 11 is 7.23. The molecule has 2 fully saturated rings. The molecule has 2 nitrogen and oxygen atoms in total. The van der Waals surface area contributed by atoms with Crippen molar-refractivity contribution in [3.8, 4) is 0 Å². The van der Waals surface area contributed by atoms with Crippen LogP contribution in [0.5, 0.6) is 0 Å². The average Bonchev–Trinajstić information content (AvgIpc) is 2.63. The lowest BCUT2D eigenvalue weighted by atomic mass is 9.78. The van der Waals surface area contributed by atoms with Crippen LogP contribution in [0.2, 0.25) is 39.3 Å². The Balaban J connectivity index is 1.83. The maximum Gasteiger partial charge on any atom is 0.241 e. The topological polar surface area (TPSA) is 18.5 Å². The Bertz CT molecular complexity index is 773. The largest absolute Gasteiger partial charge is 0.547 e. The predicted molar refractivity (Wildman–Crippen MR) is 132 cm³/mol. The van der Waals surface area contributed by atoms with Gasteiger partial charge in [0, 0.05) is 16.6 Å². The van der Waals surface area contributed by atoms with Gasteiger partial charge in [-0.3, -0.25) is 0 Å². The molecule has 0 aromatic rings. The van der Waals surface area contributed by atoms with E-state index < -0.39 is 24.6 Å². The van der Waals surface area contributed by atoms with Crippen molar-refractivity contribution in [1.82, 2.24) is 0 Å². The van der Waals surface area contributed by atoms with Gasteiger partial charge in [0.1, 0.15) is 0 Å². The van der Waals surface area contributed by atoms with Crippen LogP contribution < -0.4 is 0 Å². The summed E-state index contributed by atoms with van der Waals surface area (Å²) in [5.74, 6) is 3.30. The molecule has 3 unspecified atom stereocenters. The number of rotatable bonds is 4. The predicted octanol–water partition coefficient (Wildman–Crippen LogP) is 8.29. The van der Waals surface area contributed by atoms with Crippen molar-refractivity contribution in [2.24, 2.45) is 5.92 Å². The first-order valence-corrected chi connectivity index (χ1v) is 20.3. The second-order valence-corrected chi connectivity index (χ2v) is 22.9. The lowest BCUT2D eigenvalue weighted by Gasteiger charge is -2.49. The van der Waals surface area contributed by atoms with E-state index in [9.17, 15) is 0 Å². The van der Waals surface area contributed by atoms with Gasteiger partial charge >= 0.3 is 0 Å². The molecule has 2 aliphatic heterocycles. The third-order valence-corrected chi connectivity index (χ3v) is 11.7. The highest BCUT2D eigenvalue weighted by molar-refractivity contribution is 7.65. The number of allylic oxidation sites excluding steroid dienone is 5. The molecule has 0 saturated heterocycles. The first-order chi connectivity index (χ1) is 13.6. The van der Waals surface area contributed by atoms with Gasteiger partial charge in [0.15, 0.2) is 0 Å². The Hall–Kier alpha value is -0.0262. The molecular weight excluding hydrogens is 431 g/mol. The standard InChI is InChI=1S/C23H38ClO2PSi2/c1-28(2,3)25-20-15-27-22(18-13-9-7-11-16(18)20)21(26-29(4,5)6)17-12-8-10-14-19(17)23(27)24/h18,22H,7-15H2,1-6H3. The van der Waals surface area contributed by atoms with Gasteiger partial charge in [-0.25, -0.2) is 0 Å². The molecule has 162 valence electrons. The Labute approximate surface area is 186 Å². The van der Waals surface area contributed by atoms with Gasteiger partial charge in [-0.1, -0.05) is 18.0 Å². The summed E-state index contributed by atoms with van der Waals surface area (Å²) < 4.78 is 14.9. The van der Waals surface area contributed by atoms with Gasteiger partial charge in [0.05, 0.1) is 11.5 Å². The molecule has 0 N–H and O–H groups in total. The summed E-state index contributed by atoms with van der Waals surface area (Å²) in [5.41, 5.74) is 5.10. The Morgan fingerprint density at radius 1 is 0.828 bits per heavy atom. The third kappa shape index (κ3) is 4.61. The number of halogens is 1. The third-order valence-electron chi connectivity index (χ3n) is 6.43. The van der Waals surface area contributed by atoms with E-state index in [1.165, 1.54) is 66.0 Å². The monoisotopic (exact) mass is 468 g/mol. The zero-order valence-corrected chi connectivity index (χ0v) is 22.8. The summed E-state index contributed by atoms with van der Waals surface area (Å²) in [5, 5.41) is 0. The molecule has 0 spiro atoms. The van der Waals surface area contributed by atoms with Crippen molar-refractivity contribution in [2.45, 2.75) is 96.3 Å². The van der Waals surface area contributed by atoms with Crippen LogP contribution in [0.1, 0.15) is 51.4 Å². The molecule has 0 aromatic carbocycles. The molecule has 3 atom stereocenters. The van der Waals surface area contributed by atoms with Crippen LogP contribution in [0.15, 0.2) is 33.0 Å². The van der Waals surface area contributed by atoms with E-state index in [1.807, 2.05) is 0 Å². The molecule has 0 amide bonds. The minimum Gasteiger partial charge on any atom is -0.547 e. The van der Waals surface area contributed by atoms with E-state index in [-0.39, 0.29) is 0 Å². The SMILES string of the molecule is C[Si](C)(C)OC1=C2CCCCC2C2C(O[Si](C)(C)C)=C3CCCCC3=C(Cl)P2C1. The highest BCUT2D eigenvalue weighted by Crippen LogP contribution is 2.68. The minimum atomic E-state index is -1.68. The lowest BCUT2D eigenvalue weighted by molar-refractivity contribution is 0.321. The van der Waals surface area contributed by atoms with Crippen LogP contribution in [-0.2, 0) is 8.85 Å². The first-order valence-electron chi connectivity index (χ1n) is 11.5. The molecule has 4 aliphatic rings. The van der Waals surface area contributed by atoms with E-state index in [0.717, 1.165) is 19.0 Å². The second-order valence-electron chi connectivity index (χ2n) is 11.1. The van der Waals surface area contributed by atoms with Crippen molar-refractivity contribution in [2.75, 3.05) is 6.16 Å². The van der Waals surface area contributed by atoms with E-state index in [2.05, 4.69) is 39.3 Å². The molecule has 4 rings (SSSR count). The Morgan fingerprint density at radius 3 is 2.10 bits per heavy atom. The van der Waals surface area contributed by atoms with Crippen molar-refractivity contribution in [3.63, 3.8) is 0 Å². The van der Waals surface area contributed by atoms with E-state index in [0.29, 0.717) is 11.6 Å². The van der Waals surface area contributed by atoms with Crippen LogP contribution in [-0.4, -0.2) is 28.5 Å². The molecule has 0 bridgehead atoms. The van der Waals surface area contributed by atoms with Gasteiger partial charge in [-0.15, -0.1) is 0 Å². The maximum absolute atomic E-state index is 7.23. The van der Waals surface area contributed by atoms with Crippen molar-refractivity contribution >= 4 is 36.2 Å². The van der Waals surface area contributed by atoms with Gasteiger partial charge in [-0.05, 0) is 115 Å². The van der Waals surface area contributed by atoms with E-state index in [1.54, 1.807) is 5.57 Å².